The van der Waals surface area contributed by atoms with E-state index in [0.717, 1.165) is 13.0 Å². The molecule has 1 saturated heterocycles. The van der Waals surface area contributed by atoms with Gasteiger partial charge in [-0.05, 0) is 45.1 Å². The first kappa shape index (κ1) is 16.3. The maximum atomic E-state index is 6.24. The summed E-state index contributed by atoms with van der Waals surface area (Å²) in [6.07, 6.45) is 11.7. The van der Waals surface area contributed by atoms with Crippen LogP contribution in [-0.4, -0.2) is 38.5 Å². The van der Waals surface area contributed by atoms with Gasteiger partial charge in [0.15, 0.2) is 0 Å². The van der Waals surface area contributed by atoms with Gasteiger partial charge in [-0.1, -0.05) is 32.6 Å². The normalized spacial score (nSPS) is 29.2. The first-order valence-corrected chi connectivity index (χ1v) is 8.58. The van der Waals surface area contributed by atoms with Crippen molar-refractivity contribution in [1.29, 1.82) is 0 Å². The number of nitrogens with one attached hydrogen (secondary N) is 1. The largest absolute Gasteiger partial charge is 0.380 e. The van der Waals surface area contributed by atoms with Gasteiger partial charge >= 0.3 is 0 Å². The number of ether oxygens (including phenoxy) is 2. The van der Waals surface area contributed by atoms with Crippen molar-refractivity contribution >= 4 is 0 Å². The summed E-state index contributed by atoms with van der Waals surface area (Å²) in [5.41, 5.74) is 0.195. The van der Waals surface area contributed by atoms with E-state index >= 15 is 0 Å². The summed E-state index contributed by atoms with van der Waals surface area (Å²) in [6.45, 7) is 3.18. The molecule has 0 aromatic rings. The molecule has 2 fully saturated rings. The van der Waals surface area contributed by atoms with Gasteiger partial charge in [0.05, 0.1) is 11.7 Å². The molecule has 118 valence electrons. The van der Waals surface area contributed by atoms with Crippen molar-refractivity contribution in [2.24, 2.45) is 5.92 Å². The van der Waals surface area contributed by atoms with Crippen LogP contribution in [-0.2, 0) is 9.47 Å². The van der Waals surface area contributed by atoms with Crippen LogP contribution in [0.2, 0.25) is 0 Å². The highest BCUT2D eigenvalue weighted by Crippen LogP contribution is 2.42. The van der Waals surface area contributed by atoms with E-state index in [2.05, 4.69) is 19.3 Å². The Morgan fingerprint density at radius 3 is 2.65 bits per heavy atom. The number of hydrogen-bond donors (Lipinski definition) is 1. The van der Waals surface area contributed by atoms with Gasteiger partial charge < -0.3 is 14.8 Å². The lowest BCUT2D eigenvalue weighted by Crippen LogP contribution is -2.51. The molecular formula is C17H33NO2. The maximum absolute atomic E-state index is 6.24. The van der Waals surface area contributed by atoms with Crippen molar-refractivity contribution < 1.29 is 9.47 Å². The van der Waals surface area contributed by atoms with Crippen molar-refractivity contribution in [2.75, 3.05) is 20.8 Å². The molecule has 0 amide bonds. The number of methoxy groups -OCH3 is 1. The molecule has 3 heteroatoms. The SMILES string of the molecule is CCCC(OC)C(NC)C1CCOC2(CCCCC2)C1. The average molecular weight is 283 g/mol. The minimum Gasteiger partial charge on any atom is -0.380 e. The van der Waals surface area contributed by atoms with Crippen LogP contribution >= 0.6 is 0 Å². The predicted molar refractivity (Wildman–Crippen MR) is 83.0 cm³/mol. The summed E-state index contributed by atoms with van der Waals surface area (Å²) in [4.78, 5) is 0. The predicted octanol–water partition coefficient (Wildman–Crippen LogP) is 3.52. The van der Waals surface area contributed by atoms with Crippen LogP contribution in [0.3, 0.4) is 0 Å². The Kier molecular flexibility index (Phi) is 6.31. The Balaban J connectivity index is 2.01. The minimum atomic E-state index is 0.195. The molecule has 3 nitrogen and oxygen atoms in total. The van der Waals surface area contributed by atoms with Crippen molar-refractivity contribution in [3.63, 3.8) is 0 Å². The zero-order valence-corrected chi connectivity index (χ0v) is 13.6. The lowest BCUT2D eigenvalue weighted by Gasteiger charge is -2.46. The third kappa shape index (κ3) is 3.75. The van der Waals surface area contributed by atoms with Crippen molar-refractivity contribution in [3.05, 3.63) is 0 Å². The van der Waals surface area contributed by atoms with Crippen LogP contribution < -0.4 is 5.32 Å². The molecule has 1 aliphatic carbocycles. The molecule has 3 unspecified atom stereocenters. The fraction of sp³-hybridized carbons (Fsp3) is 1.00. The van der Waals surface area contributed by atoms with E-state index in [1.807, 2.05) is 7.11 Å². The molecule has 1 heterocycles. The summed E-state index contributed by atoms with van der Waals surface area (Å²) >= 11 is 0. The molecule has 0 aromatic carbocycles. The van der Waals surface area contributed by atoms with Crippen molar-refractivity contribution in [3.8, 4) is 0 Å². The smallest absolute Gasteiger partial charge is 0.0726 e. The van der Waals surface area contributed by atoms with Gasteiger partial charge in [-0.15, -0.1) is 0 Å². The molecule has 0 radical (unpaired) electrons. The van der Waals surface area contributed by atoms with E-state index in [4.69, 9.17) is 9.47 Å². The Morgan fingerprint density at radius 1 is 1.30 bits per heavy atom. The summed E-state index contributed by atoms with van der Waals surface area (Å²) in [7, 11) is 3.95. The van der Waals surface area contributed by atoms with Crippen LogP contribution in [0.4, 0.5) is 0 Å². The molecular weight excluding hydrogens is 250 g/mol. The van der Waals surface area contributed by atoms with Gasteiger partial charge in [-0.3, -0.25) is 0 Å². The third-order valence-electron chi connectivity index (χ3n) is 5.41. The highest BCUT2D eigenvalue weighted by molar-refractivity contribution is 4.94. The van der Waals surface area contributed by atoms with E-state index in [-0.39, 0.29) is 5.60 Å². The number of rotatable bonds is 6. The van der Waals surface area contributed by atoms with Gasteiger partial charge in [0.1, 0.15) is 0 Å². The van der Waals surface area contributed by atoms with Crippen LogP contribution in [0, 0.1) is 5.92 Å². The third-order valence-corrected chi connectivity index (χ3v) is 5.41. The second-order valence-electron chi connectivity index (χ2n) is 6.72. The quantitative estimate of drug-likeness (QED) is 0.809. The van der Waals surface area contributed by atoms with Gasteiger partial charge in [-0.25, -0.2) is 0 Å². The highest BCUT2D eigenvalue weighted by Gasteiger charge is 2.42. The Morgan fingerprint density at radius 2 is 2.05 bits per heavy atom. The van der Waals surface area contributed by atoms with E-state index < -0.39 is 0 Å². The molecule has 1 spiro atoms. The average Bonchev–Trinajstić information content (AvgIpc) is 2.48. The van der Waals surface area contributed by atoms with Crippen LogP contribution in [0.15, 0.2) is 0 Å². The summed E-state index contributed by atoms with van der Waals surface area (Å²) in [6, 6.07) is 0.475. The molecule has 2 aliphatic rings. The number of likely N-dealkylation sites (N-methyl/N-ethyl adjacent to an activating group) is 1. The van der Waals surface area contributed by atoms with Crippen molar-refractivity contribution in [1.82, 2.24) is 5.32 Å². The Hall–Kier alpha value is -0.120. The van der Waals surface area contributed by atoms with Gasteiger partial charge in [-0.2, -0.15) is 0 Å². The van der Waals surface area contributed by atoms with Crippen molar-refractivity contribution in [2.45, 2.75) is 82.5 Å². The second kappa shape index (κ2) is 7.77. The Labute approximate surface area is 124 Å². The van der Waals surface area contributed by atoms with E-state index in [1.54, 1.807) is 0 Å². The molecule has 3 atom stereocenters. The Bertz CT molecular complexity index is 271. The number of hydrogen-bond acceptors (Lipinski definition) is 3. The minimum absolute atomic E-state index is 0.195. The summed E-state index contributed by atoms with van der Waals surface area (Å²) in [5.74, 6) is 0.698. The highest BCUT2D eigenvalue weighted by atomic mass is 16.5. The van der Waals surface area contributed by atoms with Gasteiger partial charge in [0.2, 0.25) is 0 Å². The molecule has 0 aromatic heterocycles. The zero-order chi connectivity index (χ0) is 14.4. The lowest BCUT2D eigenvalue weighted by molar-refractivity contribution is -0.128. The fourth-order valence-corrected chi connectivity index (χ4v) is 4.37. The first-order valence-electron chi connectivity index (χ1n) is 8.58. The summed E-state index contributed by atoms with van der Waals surface area (Å²) < 4.78 is 12.0. The molecule has 1 saturated carbocycles. The van der Waals surface area contributed by atoms with Crippen LogP contribution in [0.5, 0.6) is 0 Å². The van der Waals surface area contributed by atoms with Crippen LogP contribution in [0.1, 0.15) is 64.7 Å². The maximum Gasteiger partial charge on any atom is 0.0726 e. The second-order valence-corrected chi connectivity index (χ2v) is 6.72. The van der Waals surface area contributed by atoms with Crippen LogP contribution in [0.25, 0.3) is 0 Å². The van der Waals surface area contributed by atoms with E-state index in [0.29, 0.717) is 18.1 Å². The van der Waals surface area contributed by atoms with Gasteiger partial charge in [0.25, 0.3) is 0 Å². The molecule has 20 heavy (non-hydrogen) atoms. The van der Waals surface area contributed by atoms with E-state index in [9.17, 15) is 0 Å². The fourth-order valence-electron chi connectivity index (χ4n) is 4.37. The summed E-state index contributed by atoms with van der Waals surface area (Å²) in [5, 5.41) is 3.55. The first-order chi connectivity index (χ1) is 9.74. The lowest BCUT2D eigenvalue weighted by atomic mass is 9.73. The van der Waals surface area contributed by atoms with Gasteiger partial charge in [0, 0.05) is 19.8 Å². The zero-order valence-electron chi connectivity index (χ0n) is 13.6. The monoisotopic (exact) mass is 283 g/mol. The molecule has 1 N–H and O–H groups in total. The molecule has 2 rings (SSSR count). The topological polar surface area (TPSA) is 30.5 Å². The molecule has 1 aliphatic heterocycles. The van der Waals surface area contributed by atoms with E-state index in [1.165, 1.54) is 51.4 Å². The molecule has 0 bridgehead atoms. The standard InChI is InChI=1S/C17H33NO2/c1-4-8-15(19-3)16(18-2)14-9-12-20-17(13-14)10-6-5-7-11-17/h14-16,18H,4-13H2,1-3H3.